The molecule has 11 nitrogen and oxygen atoms in total. The molecule has 1 aromatic heterocycles. The van der Waals surface area contributed by atoms with Gasteiger partial charge in [-0.05, 0) is 93.5 Å². The summed E-state index contributed by atoms with van der Waals surface area (Å²) in [4.78, 5) is 50.6. The van der Waals surface area contributed by atoms with Crippen LogP contribution in [0.15, 0.2) is 48.7 Å². The van der Waals surface area contributed by atoms with Crippen molar-refractivity contribution in [2.45, 2.75) is 56.5 Å². The van der Waals surface area contributed by atoms with Crippen LogP contribution in [0, 0.1) is 5.82 Å². The first-order valence-corrected chi connectivity index (χ1v) is 15.6. The van der Waals surface area contributed by atoms with Gasteiger partial charge >= 0.3 is 0 Å². The van der Waals surface area contributed by atoms with Gasteiger partial charge in [0.2, 0.25) is 0 Å². The van der Waals surface area contributed by atoms with Gasteiger partial charge in [-0.25, -0.2) is 14.4 Å². The van der Waals surface area contributed by atoms with E-state index in [0.717, 1.165) is 57.2 Å². The van der Waals surface area contributed by atoms with Crippen LogP contribution in [0.4, 0.5) is 21.7 Å². The molecule has 0 radical (unpaired) electrons. The number of benzene rings is 2. The highest BCUT2D eigenvalue weighted by molar-refractivity contribution is 5.97. The number of nitrogens with one attached hydrogen (secondary N) is 3. The first kappa shape index (κ1) is 30.4. The van der Waals surface area contributed by atoms with Crippen molar-refractivity contribution >= 4 is 35.0 Å². The molecule has 2 aliphatic carbocycles. The Kier molecular flexibility index (Phi) is 8.92. The standard InChI is InChI=1S/C33H39FN8O3/c1-41-14-16-42(17-15-41)33(45)21-4-7-24(8-5-21)38-31-29(30(35)43)36-19-28(40-31)37-23-9-11-25(12-10-23)39-32(44)26-13-6-22(18-27(26)34)20-2-3-20/h4-8,13,18-20,23,25H,2-3,9-12,14-17H2,1H3,(H2,35,43)(H,39,44)(H2,37,38,40). The Morgan fingerprint density at radius 2 is 1.60 bits per heavy atom. The van der Waals surface area contributed by atoms with Crippen LogP contribution in [0.5, 0.6) is 0 Å². The fraction of sp³-hybridized carbons (Fsp3) is 0.424. The van der Waals surface area contributed by atoms with Gasteiger partial charge in [-0.15, -0.1) is 0 Å². The average molecular weight is 615 g/mol. The van der Waals surface area contributed by atoms with Crippen LogP contribution in [0.25, 0.3) is 0 Å². The van der Waals surface area contributed by atoms with Crippen LogP contribution in [-0.4, -0.2) is 82.8 Å². The predicted octanol–water partition coefficient (Wildman–Crippen LogP) is 3.88. The molecular weight excluding hydrogens is 575 g/mol. The molecule has 0 spiro atoms. The summed E-state index contributed by atoms with van der Waals surface area (Å²) in [7, 11) is 2.04. The minimum Gasteiger partial charge on any atom is -0.366 e. The lowest BCUT2D eigenvalue weighted by Gasteiger charge is -2.32. The Balaban J connectivity index is 1.04. The number of amides is 3. The molecule has 5 N–H and O–H groups in total. The molecule has 3 amide bonds. The third-order valence-electron chi connectivity index (χ3n) is 8.89. The third kappa shape index (κ3) is 7.39. The lowest BCUT2D eigenvalue weighted by Crippen LogP contribution is -2.47. The fourth-order valence-electron chi connectivity index (χ4n) is 5.99. The SMILES string of the molecule is CN1CCN(C(=O)c2ccc(Nc3nc(NC4CCC(NC(=O)c5ccc(C6CC6)cc5F)CC4)cnc3C(N)=O)cc2)CC1. The highest BCUT2D eigenvalue weighted by Gasteiger charge is 2.27. The zero-order valence-electron chi connectivity index (χ0n) is 25.4. The van der Waals surface area contributed by atoms with Crippen molar-refractivity contribution in [1.29, 1.82) is 0 Å². The van der Waals surface area contributed by atoms with Gasteiger partial charge < -0.3 is 31.5 Å². The van der Waals surface area contributed by atoms with Crippen molar-refractivity contribution in [2.75, 3.05) is 43.9 Å². The Bertz CT molecular complexity index is 1560. The number of aromatic nitrogens is 2. The normalized spacial score (nSPS) is 20.4. The monoisotopic (exact) mass is 614 g/mol. The average Bonchev–Trinajstić information content (AvgIpc) is 3.88. The molecule has 45 heavy (non-hydrogen) atoms. The first-order chi connectivity index (χ1) is 21.7. The quantitative estimate of drug-likeness (QED) is 0.284. The van der Waals surface area contributed by atoms with Gasteiger partial charge in [0.25, 0.3) is 17.7 Å². The third-order valence-corrected chi connectivity index (χ3v) is 8.89. The van der Waals surface area contributed by atoms with E-state index < -0.39 is 11.7 Å². The van der Waals surface area contributed by atoms with Crippen molar-refractivity contribution in [3.8, 4) is 0 Å². The summed E-state index contributed by atoms with van der Waals surface area (Å²) in [5.74, 6) is -0.457. The molecule has 2 aromatic carbocycles. The molecule has 1 saturated heterocycles. The van der Waals surface area contributed by atoms with Crippen LogP contribution < -0.4 is 21.7 Å². The van der Waals surface area contributed by atoms with E-state index in [1.165, 1.54) is 12.3 Å². The summed E-state index contributed by atoms with van der Waals surface area (Å²) in [6.45, 7) is 3.08. The van der Waals surface area contributed by atoms with Crippen molar-refractivity contribution in [3.05, 3.63) is 76.9 Å². The van der Waals surface area contributed by atoms with Crippen LogP contribution in [0.2, 0.25) is 0 Å². The zero-order valence-corrected chi connectivity index (χ0v) is 25.4. The molecule has 3 fully saturated rings. The number of rotatable bonds is 9. The maximum Gasteiger partial charge on any atom is 0.271 e. The number of hydrogen-bond donors (Lipinski definition) is 4. The molecule has 0 bridgehead atoms. The maximum atomic E-state index is 14.6. The topological polar surface area (TPSA) is 146 Å². The van der Waals surface area contributed by atoms with Gasteiger partial charge in [0.05, 0.1) is 11.8 Å². The van der Waals surface area contributed by atoms with Crippen molar-refractivity contribution in [2.24, 2.45) is 5.73 Å². The van der Waals surface area contributed by atoms with Gasteiger partial charge in [0.15, 0.2) is 11.5 Å². The smallest absolute Gasteiger partial charge is 0.271 e. The minimum absolute atomic E-state index is 0.00181. The molecule has 0 atom stereocenters. The number of halogens is 1. The minimum atomic E-state index is -0.715. The molecule has 6 rings (SSSR count). The van der Waals surface area contributed by atoms with Gasteiger partial charge in [0, 0.05) is 49.5 Å². The summed E-state index contributed by atoms with van der Waals surface area (Å²) in [5.41, 5.74) is 7.85. The van der Waals surface area contributed by atoms with Gasteiger partial charge in [-0.3, -0.25) is 14.4 Å². The molecule has 3 aliphatic rings. The van der Waals surface area contributed by atoms with E-state index in [9.17, 15) is 18.8 Å². The number of anilines is 3. The Hall–Kier alpha value is -4.58. The maximum absolute atomic E-state index is 14.6. The zero-order chi connectivity index (χ0) is 31.5. The van der Waals surface area contributed by atoms with E-state index >= 15 is 0 Å². The molecular formula is C33H39FN8O3. The van der Waals surface area contributed by atoms with E-state index in [1.54, 1.807) is 30.3 Å². The van der Waals surface area contributed by atoms with E-state index in [2.05, 4.69) is 30.8 Å². The van der Waals surface area contributed by atoms with Gasteiger partial charge in [0.1, 0.15) is 11.6 Å². The molecule has 1 aliphatic heterocycles. The summed E-state index contributed by atoms with van der Waals surface area (Å²) >= 11 is 0. The number of carbonyl (C=O) groups is 3. The summed E-state index contributed by atoms with van der Waals surface area (Å²) in [6, 6.07) is 12.0. The predicted molar refractivity (Wildman–Crippen MR) is 169 cm³/mol. The molecule has 12 heteroatoms. The summed E-state index contributed by atoms with van der Waals surface area (Å²) in [6.07, 6.45) is 6.61. The van der Waals surface area contributed by atoms with Gasteiger partial charge in [-0.2, -0.15) is 0 Å². The number of piperazine rings is 1. The summed E-state index contributed by atoms with van der Waals surface area (Å²) in [5, 5.41) is 9.49. The van der Waals surface area contributed by atoms with Crippen LogP contribution in [-0.2, 0) is 0 Å². The lowest BCUT2D eigenvalue weighted by molar-refractivity contribution is 0.0663. The molecule has 236 valence electrons. The van der Waals surface area contributed by atoms with Crippen LogP contribution in [0.1, 0.15) is 81.2 Å². The number of hydrogen-bond acceptors (Lipinski definition) is 8. The van der Waals surface area contributed by atoms with Crippen molar-refractivity contribution in [3.63, 3.8) is 0 Å². The molecule has 0 unspecified atom stereocenters. The van der Waals surface area contributed by atoms with Crippen LogP contribution >= 0.6 is 0 Å². The molecule has 2 saturated carbocycles. The first-order valence-electron chi connectivity index (χ1n) is 15.6. The number of nitrogens with two attached hydrogens (primary N) is 1. The van der Waals surface area contributed by atoms with Crippen molar-refractivity contribution in [1.82, 2.24) is 25.1 Å². The van der Waals surface area contributed by atoms with Crippen LogP contribution in [0.3, 0.4) is 0 Å². The van der Waals surface area contributed by atoms with E-state index in [0.29, 0.717) is 36.1 Å². The number of likely N-dealkylation sites (N-methyl/N-ethyl adjacent to an activating group) is 1. The second kappa shape index (κ2) is 13.2. The molecule has 3 aromatic rings. The second-order valence-electron chi connectivity index (χ2n) is 12.3. The number of carbonyl (C=O) groups excluding carboxylic acids is 3. The highest BCUT2D eigenvalue weighted by atomic mass is 19.1. The largest absolute Gasteiger partial charge is 0.366 e. The number of primary amides is 1. The second-order valence-corrected chi connectivity index (χ2v) is 12.3. The van der Waals surface area contributed by atoms with Gasteiger partial charge in [-0.1, -0.05) is 6.07 Å². The van der Waals surface area contributed by atoms with E-state index in [1.807, 2.05) is 18.0 Å². The number of nitrogens with zero attached hydrogens (tertiary/aromatic N) is 4. The Labute approximate surface area is 261 Å². The van der Waals surface area contributed by atoms with E-state index in [4.69, 9.17) is 5.73 Å². The molecule has 2 heterocycles. The van der Waals surface area contributed by atoms with Crippen molar-refractivity contribution < 1.29 is 18.8 Å². The highest BCUT2D eigenvalue weighted by Crippen LogP contribution is 2.40. The Morgan fingerprint density at radius 1 is 0.911 bits per heavy atom. The Morgan fingerprint density at radius 3 is 2.24 bits per heavy atom. The fourth-order valence-corrected chi connectivity index (χ4v) is 5.99. The summed E-state index contributed by atoms with van der Waals surface area (Å²) < 4.78 is 14.6. The lowest BCUT2D eigenvalue weighted by atomic mass is 9.91. The van der Waals surface area contributed by atoms with E-state index in [-0.39, 0.29) is 41.0 Å².